The van der Waals surface area contributed by atoms with Crippen LogP contribution in [0.1, 0.15) is 70.6 Å². The van der Waals surface area contributed by atoms with Crippen molar-refractivity contribution >= 4 is 26.0 Å². The second kappa shape index (κ2) is 19.8. The van der Waals surface area contributed by atoms with Crippen LogP contribution in [-0.2, 0) is 36.6 Å². The number of hydrogen-bond acceptors (Lipinski definition) is 9. The first-order valence-electron chi connectivity index (χ1n) is 20.5. The van der Waals surface area contributed by atoms with Crippen molar-refractivity contribution < 1.29 is 37.7 Å². The Labute approximate surface area is 344 Å². The quantitative estimate of drug-likeness (QED) is 0.0761. The van der Waals surface area contributed by atoms with Crippen molar-refractivity contribution in [2.75, 3.05) is 44.9 Å². The predicted molar refractivity (Wildman–Crippen MR) is 227 cm³/mol. The topological polar surface area (TPSA) is 109 Å². The average molecular weight is 810 g/mol. The number of nitrogens with zero attached hydrogens (tertiary/aromatic N) is 3. The Morgan fingerprint density at radius 1 is 0.845 bits per heavy atom. The highest BCUT2D eigenvalue weighted by molar-refractivity contribution is 6.77. The molecule has 1 saturated heterocycles. The van der Waals surface area contributed by atoms with Gasteiger partial charge in [-0.15, -0.1) is 0 Å². The zero-order chi connectivity index (χ0) is 41.2. The SMILES string of the molecule is COCCCN1C(=O)COc2ccc(COC3CN(C(=O)OCc4ccccc4)CC(O[Si](C(C)C)(C(C)C)C(C)C)C3c3ccc(Oc4cccnc4)cc3)cc21. The lowest BCUT2D eigenvalue weighted by molar-refractivity contribution is -0.121. The van der Waals surface area contributed by atoms with Gasteiger partial charge in [-0.2, -0.15) is 0 Å². The van der Waals surface area contributed by atoms with Gasteiger partial charge in [-0.25, -0.2) is 4.79 Å². The molecule has 310 valence electrons. The molecule has 3 atom stereocenters. The van der Waals surface area contributed by atoms with Gasteiger partial charge in [0.15, 0.2) is 6.61 Å². The number of amides is 2. The van der Waals surface area contributed by atoms with Crippen LogP contribution in [0.15, 0.2) is 97.3 Å². The molecule has 2 aliphatic heterocycles. The predicted octanol–water partition coefficient (Wildman–Crippen LogP) is 9.52. The molecule has 0 bridgehead atoms. The minimum Gasteiger partial charge on any atom is -0.482 e. The number of piperidine rings is 1. The summed E-state index contributed by atoms with van der Waals surface area (Å²) in [6.45, 7) is 15.8. The number of likely N-dealkylation sites (tertiary alicyclic amines) is 1. The molecular formula is C46H59N3O8Si. The van der Waals surface area contributed by atoms with Crippen LogP contribution in [0, 0.1) is 0 Å². The van der Waals surface area contributed by atoms with E-state index in [4.69, 9.17) is 28.1 Å². The van der Waals surface area contributed by atoms with E-state index in [1.807, 2.05) is 72.8 Å². The van der Waals surface area contributed by atoms with Crippen LogP contribution in [-0.4, -0.2) is 82.4 Å². The number of anilines is 1. The van der Waals surface area contributed by atoms with Crippen molar-refractivity contribution in [1.29, 1.82) is 0 Å². The Morgan fingerprint density at radius 2 is 1.57 bits per heavy atom. The van der Waals surface area contributed by atoms with Gasteiger partial charge in [0.2, 0.25) is 8.32 Å². The molecule has 0 aliphatic carbocycles. The minimum absolute atomic E-state index is 0.00280. The summed E-state index contributed by atoms with van der Waals surface area (Å²) in [5.74, 6) is 1.66. The number of aromatic nitrogens is 1. The molecule has 1 fully saturated rings. The summed E-state index contributed by atoms with van der Waals surface area (Å²) in [4.78, 5) is 34.7. The van der Waals surface area contributed by atoms with E-state index in [0.717, 1.165) is 16.7 Å². The fourth-order valence-electron chi connectivity index (χ4n) is 8.76. The molecule has 0 spiro atoms. The summed E-state index contributed by atoms with van der Waals surface area (Å²) >= 11 is 0. The lowest BCUT2D eigenvalue weighted by Gasteiger charge is -2.50. The maximum Gasteiger partial charge on any atom is 0.410 e. The number of fused-ring (bicyclic) bond motifs is 1. The van der Waals surface area contributed by atoms with Gasteiger partial charge in [0.1, 0.15) is 23.9 Å². The Morgan fingerprint density at radius 3 is 2.24 bits per heavy atom. The first-order chi connectivity index (χ1) is 28.0. The van der Waals surface area contributed by atoms with E-state index in [1.54, 1.807) is 29.3 Å². The molecule has 6 rings (SSSR count). The molecule has 0 radical (unpaired) electrons. The van der Waals surface area contributed by atoms with Crippen LogP contribution in [0.25, 0.3) is 0 Å². The molecule has 1 aromatic heterocycles. The van der Waals surface area contributed by atoms with Gasteiger partial charge in [-0.3, -0.25) is 9.78 Å². The number of pyridine rings is 1. The molecule has 2 aliphatic rings. The summed E-state index contributed by atoms with van der Waals surface area (Å²) in [7, 11) is -0.818. The van der Waals surface area contributed by atoms with Gasteiger partial charge in [-0.05, 0) is 76.1 Å². The van der Waals surface area contributed by atoms with Gasteiger partial charge in [0, 0.05) is 38.9 Å². The van der Waals surface area contributed by atoms with Crippen LogP contribution in [0.4, 0.5) is 10.5 Å². The van der Waals surface area contributed by atoms with E-state index in [9.17, 15) is 9.59 Å². The number of carbonyl (C=O) groups excluding carboxylic acids is 2. The highest BCUT2D eigenvalue weighted by atomic mass is 28.4. The smallest absolute Gasteiger partial charge is 0.410 e. The summed E-state index contributed by atoms with van der Waals surface area (Å²) in [5, 5.41) is 0. The molecule has 3 heterocycles. The Bertz CT molecular complexity index is 1910. The summed E-state index contributed by atoms with van der Waals surface area (Å²) < 4.78 is 37.7. The van der Waals surface area contributed by atoms with E-state index >= 15 is 0 Å². The van der Waals surface area contributed by atoms with Crippen LogP contribution in [0.5, 0.6) is 17.2 Å². The maximum absolute atomic E-state index is 14.0. The zero-order valence-electron chi connectivity index (χ0n) is 35.0. The molecule has 4 aromatic rings. The van der Waals surface area contributed by atoms with Crippen LogP contribution in [0.3, 0.4) is 0 Å². The van der Waals surface area contributed by atoms with Crippen molar-refractivity contribution in [3.05, 3.63) is 114 Å². The molecule has 12 heteroatoms. The first-order valence-corrected chi connectivity index (χ1v) is 22.6. The van der Waals surface area contributed by atoms with Crippen LogP contribution < -0.4 is 14.4 Å². The van der Waals surface area contributed by atoms with Crippen LogP contribution in [0.2, 0.25) is 16.6 Å². The molecule has 0 N–H and O–H groups in total. The summed E-state index contributed by atoms with van der Waals surface area (Å²) in [5.41, 5.74) is 4.48. The van der Waals surface area contributed by atoms with E-state index < -0.39 is 26.6 Å². The van der Waals surface area contributed by atoms with Gasteiger partial charge in [-0.1, -0.05) is 90.1 Å². The van der Waals surface area contributed by atoms with E-state index in [-0.39, 0.29) is 31.6 Å². The second-order valence-electron chi connectivity index (χ2n) is 16.1. The standard InChI is InChI=1S/C46H59N3O8Si/c1-32(2)58(33(3)4,34(5)6)57-43-28-48(46(51)55-29-35-13-9-8-10-14-35)27-42(45(43)37-17-19-38(20-18-37)56-39-15-11-22-47-26-39)53-30-36-16-21-41-40(25-36)49(23-12-24-52-7)44(50)31-54-41/h8-11,13-22,25-26,32-34,42-43,45H,12,23-24,27-31H2,1-7H3. The van der Waals surface area contributed by atoms with Crippen molar-refractivity contribution in [3.63, 3.8) is 0 Å². The highest BCUT2D eigenvalue weighted by Crippen LogP contribution is 2.46. The van der Waals surface area contributed by atoms with Crippen molar-refractivity contribution in [1.82, 2.24) is 9.88 Å². The number of benzene rings is 3. The third kappa shape index (κ3) is 10.1. The Hall–Kier alpha value is -4.75. The normalized spacial score (nSPS) is 18.4. The first kappa shape index (κ1) is 42.8. The van der Waals surface area contributed by atoms with E-state index in [1.165, 1.54) is 0 Å². The van der Waals surface area contributed by atoms with Gasteiger partial charge < -0.3 is 37.9 Å². The van der Waals surface area contributed by atoms with Crippen molar-refractivity contribution in [3.8, 4) is 17.2 Å². The zero-order valence-corrected chi connectivity index (χ0v) is 36.0. The molecule has 3 aromatic carbocycles. The van der Waals surface area contributed by atoms with E-state index in [0.29, 0.717) is 72.2 Å². The highest BCUT2D eigenvalue weighted by Gasteiger charge is 2.51. The third-order valence-electron chi connectivity index (χ3n) is 11.4. The number of methoxy groups -OCH3 is 1. The molecule has 11 nitrogen and oxygen atoms in total. The second-order valence-corrected chi connectivity index (χ2v) is 21.5. The minimum atomic E-state index is -2.47. The summed E-state index contributed by atoms with van der Waals surface area (Å²) in [6, 6.07) is 27.3. The largest absolute Gasteiger partial charge is 0.482 e. The molecule has 3 unspecified atom stereocenters. The Kier molecular flexibility index (Phi) is 14.6. The average Bonchev–Trinajstić information content (AvgIpc) is 3.22. The van der Waals surface area contributed by atoms with Crippen molar-refractivity contribution in [2.24, 2.45) is 0 Å². The number of rotatable bonds is 17. The molecular weight excluding hydrogens is 751 g/mol. The molecule has 2 amide bonds. The number of carbonyl (C=O) groups is 2. The van der Waals surface area contributed by atoms with Crippen LogP contribution >= 0.6 is 0 Å². The number of hydrogen-bond donors (Lipinski definition) is 0. The molecule has 0 saturated carbocycles. The lowest BCUT2D eigenvalue weighted by atomic mass is 9.84. The van der Waals surface area contributed by atoms with Gasteiger partial charge in [0.25, 0.3) is 5.91 Å². The van der Waals surface area contributed by atoms with Gasteiger partial charge in [0.05, 0.1) is 37.2 Å². The summed E-state index contributed by atoms with van der Waals surface area (Å²) in [6.07, 6.45) is 2.82. The monoisotopic (exact) mass is 809 g/mol. The Balaban J connectivity index is 1.35. The maximum atomic E-state index is 14.0. The lowest BCUT2D eigenvalue weighted by Crippen LogP contribution is -2.59. The fourth-order valence-corrected chi connectivity index (χ4v) is 14.3. The third-order valence-corrected chi connectivity index (χ3v) is 17.5. The van der Waals surface area contributed by atoms with Crippen molar-refractivity contribution in [2.45, 2.75) is 95.9 Å². The fraction of sp³-hybridized carbons (Fsp3) is 0.457. The van der Waals surface area contributed by atoms with E-state index in [2.05, 4.69) is 58.7 Å². The molecule has 58 heavy (non-hydrogen) atoms. The van der Waals surface area contributed by atoms with Gasteiger partial charge >= 0.3 is 6.09 Å². The number of ether oxygens (including phenoxy) is 5.